The van der Waals surface area contributed by atoms with Gasteiger partial charge in [-0.2, -0.15) is 0 Å². The summed E-state index contributed by atoms with van der Waals surface area (Å²) in [4.78, 5) is 27.3. The molecule has 2 aromatic rings. The average molecular weight is 287 g/mol. The van der Waals surface area contributed by atoms with Crippen molar-refractivity contribution >= 4 is 17.5 Å². The lowest BCUT2D eigenvalue weighted by Crippen LogP contribution is -2.24. The normalized spacial score (nSPS) is 10.2. The van der Waals surface area contributed by atoms with E-state index in [2.05, 4.69) is 25.8 Å². The molecule has 21 heavy (non-hydrogen) atoms. The molecule has 0 saturated heterocycles. The van der Waals surface area contributed by atoms with Gasteiger partial charge in [0.2, 0.25) is 11.7 Å². The monoisotopic (exact) mass is 287 g/mol. The van der Waals surface area contributed by atoms with E-state index in [0.717, 1.165) is 5.56 Å². The van der Waals surface area contributed by atoms with Crippen LogP contribution in [0, 0.1) is 6.92 Å². The van der Waals surface area contributed by atoms with Crippen molar-refractivity contribution in [3.05, 3.63) is 41.5 Å². The molecule has 0 bridgehead atoms. The molecule has 0 unspecified atom stereocenters. The summed E-state index contributed by atoms with van der Waals surface area (Å²) in [5.74, 6) is 0.276. The average Bonchev–Trinajstić information content (AvgIpc) is 2.88. The largest absolute Gasteiger partial charge is 0.356 e. The van der Waals surface area contributed by atoms with E-state index >= 15 is 0 Å². The minimum Gasteiger partial charge on any atom is -0.356 e. The van der Waals surface area contributed by atoms with E-state index < -0.39 is 0 Å². The number of carbonyl (C=O) groups is 2. The van der Waals surface area contributed by atoms with Crippen LogP contribution in [0.5, 0.6) is 0 Å². The van der Waals surface area contributed by atoms with Crippen LogP contribution in [0.15, 0.2) is 24.3 Å². The number of anilines is 1. The predicted octanol–water partition coefficient (Wildman–Crippen LogP) is 1.04. The van der Waals surface area contributed by atoms with Gasteiger partial charge in [-0.15, -0.1) is 5.10 Å². The second-order valence-electron chi connectivity index (χ2n) is 4.53. The first-order chi connectivity index (χ1) is 10.1. The van der Waals surface area contributed by atoms with E-state index in [4.69, 9.17) is 0 Å². The number of carbonyl (C=O) groups excluding carboxylic acids is 2. The maximum Gasteiger partial charge on any atom is 0.295 e. The third-order valence-electron chi connectivity index (χ3n) is 2.75. The highest BCUT2D eigenvalue weighted by Crippen LogP contribution is 2.11. The van der Waals surface area contributed by atoms with Crippen LogP contribution in [0.2, 0.25) is 0 Å². The number of nitrogens with one attached hydrogen (secondary N) is 3. The lowest BCUT2D eigenvalue weighted by Gasteiger charge is -2.05. The Morgan fingerprint density at radius 2 is 1.95 bits per heavy atom. The number of hydrogen-bond donors (Lipinski definition) is 3. The molecule has 0 radical (unpaired) electrons. The van der Waals surface area contributed by atoms with E-state index in [0.29, 0.717) is 24.5 Å². The Bertz CT molecular complexity index is 633. The lowest BCUT2D eigenvalue weighted by molar-refractivity contribution is -0.120. The maximum atomic E-state index is 11.9. The van der Waals surface area contributed by atoms with Gasteiger partial charge in [-0.05, 0) is 31.5 Å². The Kier molecular flexibility index (Phi) is 4.65. The van der Waals surface area contributed by atoms with Gasteiger partial charge in [0.15, 0.2) is 0 Å². The van der Waals surface area contributed by atoms with Crippen LogP contribution in [0.25, 0.3) is 0 Å². The second kappa shape index (κ2) is 6.65. The van der Waals surface area contributed by atoms with Crippen LogP contribution >= 0.6 is 0 Å². The number of nitrogens with zero attached hydrogens (tertiary/aromatic N) is 2. The molecule has 1 heterocycles. The fourth-order valence-corrected chi connectivity index (χ4v) is 1.78. The highest BCUT2D eigenvalue weighted by molar-refractivity contribution is 6.01. The van der Waals surface area contributed by atoms with Gasteiger partial charge in [-0.3, -0.25) is 14.7 Å². The van der Waals surface area contributed by atoms with Gasteiger partial charge in [0.05, 0.1) is 6.42 Å². The van der Waals surface area contributed by atoms with Gasteiger partial charge >= 0.3 is 0 Å². The number of benzene rings is 1. The Hall–Kier alpha value is -2.70. The lowest BCUT2D eigenvalue weighted by atomic mass is 10.1. The zero-order valence-corrected chi connectivity index (χ0v) is 11.9. The molecule has 110 valence electrons. The molecule has 0 spiro atoms. The molecule has 7 nitrogen and oxygen atoms in total. The first kappa shape index (κ1) is 14.7. The van der Waals surface area contributed by atoms with Crippen molar-refractivity contribution in [2.75, 3.05) is 11.9 Å². The first-order valence-corrected chi connectivity index (χ1v) is 6.64. The minimum atomic E-state index is -0.379. The minimum absolute atomic E-state index is 0.0227. The topological polar surface area (TPSA) is 99.8 Å². The molecule has 7 heteroatoms. The molecule has 0 atom stereocenters. The van der Waals surface area contributed by atoms with Crippen LogP contribution in [-0.2, 0) is 11.2 Å². The molecule has 0 aliphatic rings. The summed E-state index contributed by atoms with van der Waals surface area (Å²) in [6, 6.07) is 7.08. The van der Waals surface area contributed by atoms with Crippen LogP contribution in [0.4, 0.5) is 5.69 Å². The van der Waals surface area contributed by atoms with Gasteiger partial charge in [-0.25, -0.2) is 4.98 Å². The second-order valence-corrected chi connectivity index (χ2v) is 4.53. The number of aryl methyl sites for hydroxylation is 1. The zero-order valence-electron chi connectivity index (χ0n) is 11.9. The van der Waals surface area contributed by atoms with E-state index in [1.165, 1.54) is 0 Å². The highest BCUT2D eigenvalue weighted by atomic mass is 16.2. The van der Waals surface area contributed by atoms with Gasteiger partial charge in [0.1, 0.15) is 5.82 Å². The summed E-state index contributed by atoms with van der Waals surface area (Å²) in [6.07, 6.45) is 0.322. The molecule has 1 aromatic heterocycles. The predicted molar refractivity (Wildman–Crippen MR) is 77.9 cm³/mol. The Morgan fingerprint density at radius 1 is 1.24 bits per heavy atom. The van der Waals surface area contributed by atoms with Crippen molar-refractivity contribution < 1.29 is 9.59 Å². The Labute approximate surface area is 122 Å². The van der Waals surface area contributed by atoms with Gasteiger partial charge in [0.25, 0.3) is 5.91 Å². The standard InChI is InChI=1S/C14H17N5O2/c1-3-15-12(20)8-10-4-6-11(7-5-10)17-14(21)13-16-9(2)18-19-13/h4-7H,3,8H2,1-2H3,(H,15,20)(H,17,21)(H,16,18,19). The van der Waals surface area contributed by atoms with Gasteiger partial charge < -0.3 is 10.6 Å². The third kappa shape index (κ3) is 4.13. The number of hydrogen-bond acceptors (Lipinski definition) is 4. The fraction of sp³-hybridized carbons (Fsp3) is 0.286. The number of aromatic amines is 1. The molecule has 0 saturated carbocycles. The molecule has 3 N–H and O–H groups in total. The van der Waals surface area contributed by atoms with Crippen molar-refractivity contribution in [2.24, 2.45) is 0 Å². The number of aromatic nitrogens is 3. The molecule has 1 aromatic carbocycles. The number of likely N-dealkylation sites (N-methyl/N-ethyl adjacent to an activating group) is 1. The SMILES string of the molecule is CCNC(=O)Cc1ccc(NC(=O)c2n[nH]c(C)n2)cc1. The van der Waals surface area contributed by atoms with E-state index in [-0.39, 0.29) is 17.6 Å². The van der Waals surface area contributed by atoms with Crippen molar-refractivity contribution in [1.82, 2.24) is 20.5 Å². The molecule has 0 fully saturated rings. The van der Waals surface area contributed by atoms with Gasteiger partial charge in [0, 0.05) is 12.2 Å². The Morgan fingerprint density at radius 3 is 2.52 bits per heavy atom. The Balaban J connectivity index is 1.96. The smallest absolute Gasteiger partial charge is 0.295 e. The quantitative estimate of drug-likeness (QED) is 0.765. The molecule has 0 aliphatic carbocycles. The van der Waals surface area contributed by atoms with E-state index in [1.807, 2.05) is 6.92 Å². The van der Waals surface area contributed by atoms with Crippen LogP contribution < -0.4 is 10.6 Å². The molecule has 2 rings (SSSR count). The van der Waals surface area contributed by atoms with Crippen LogP contribution in [0.1, 0.15) is 28.9 Å². The number of rotatable bonds is 5. The molecule has 0 aliphatic heterocycles. The number of H-pyrrole nitrogens is 1. The van der Waals surface area contributed by atoms with Crippen LogP contribution in [0.3, 0.4) is 0 Å². The summed E-state index contributed by atoms with van der Waals surface area (Å²) in [7, 11) is 0. The van der Waals surface area contributed by atoms with Gasteiger partial charge in [-0.1, -0.05) is 12.1 Å². The van der Waals surface area contributed by atoms with Crippen molar-refractivity contribution in [3.8, 4) is 0 Å². The molecule has 2 amide bonds. The van der Waals surface area contributed by atoms with E-state index in [1.54, 1.807) is 31.2 Å². The summed E-state index contributed by atoms with van der Waals surface area (Å²) in [6.45, 7) is 4.21. The highest BCUT2D eigenvalue weighted by Gasteiger charge is 2.11. The molecular weight excluding hydrogens is 270 g/mol. The fourth-order valence-electron chi connectivity index (χ4n) is 1.78. The maximum absolute atomic E-state index is 11.9. The molecular formula is C14H17N5O2. The van der Waals surface area contributed by atoms with Crippen molar-refractivity contribution in [3.63, 3.8) is 0 Å². The van der Waals surface area contributed by atoms with E-state index in [9.17, 15) is 9.59 Å². The first-order valence-electron chi connectivity index (χ1n) is 6.64. The summed E-state index contributed by atoms with van der Waals surface area (Å²) in [5, 5.41) is 11.8. The third-order valence-corrected chi connectivity index (χ3v) is 2.75. The summed E-state index contributed by atoms with van der Waals surface area (Å²) in [5.41, 5.74) is 1.51. The van der Waals surface area contributed by atoms with Crippen molar-refractivity contribution in [1.29, 1.82) is 0 Å². The summed E-state index contributed by atoms with van der Waals surface area (Å²) < 4.78 is 0. The van der Waals surface area contributed by atoms with Crippen molar-refractivity contribution in [2.45, 2.75) is 20.3 Å². The summed E-state index contributed by atoms with van der Waals surface area (Å²) >= 11 is 0. The van der Waals surface area contributed by atoms with Crippen LogP contribution in [-0.4, -0.2) is 33.5 Å². The number of amides is 2. The zero-order chi connectivity index (χ0) is 15.2.